The number of ether oxygens (including phenoxy) is 1. The van der Waals surface area contributed by atoms with Crippen LogP contribution in [0.15, 0.2) is 30.5 Å². The molecule has 0 radical (unpaired) electrons. The topological polar surface area (TPSA) is 62.1 Å². The first-order valence-electron chi connectivity index (χ1n) is 10.3. The van der Waals surface area contributed by atoms with E-state index in [4.69, 9.17) is 11.3 Å². The zero-order valence-corrected chi connectivity index (χ0v) is 17.1. The fourth-order valence-corrected chi connectivity index (χ4v) is 4.24. The number of amides is 1. The van der Waals surface area contributed by atoms with Crippen molar-refractivity contribution in [2.24, 2.45) is 0 Å². The summed E-state index contributed by atoms with van der Waals surface area (Å²) < 4.78 is 18.8. The summed E-state index contributed by atoms with van der Waals surface area (Å²) in [5.74, 6) is 0.690. The van der Waals surface area contributed by atoms with E-state index < -0.39 is 12.3 Å². The van der Waals surface area contributed by atoms with Crippen molar-refractivity contribution in [2.45, 2.75) is 37.6 Å². The Kier molecular flexibility index (Phi) is 6.00. The number of hydrogen-bond acceptors (Lipinski definition) is 5. The fourth-order valence-electron chi connectivity index (χ4n) is 4.24. The third-order valence-electron chi connectivity index (χ3n) is 5.92. The molecule has 0 spiro atoms. The van der Waals surface area contributed by atoms with Gasteiger partial charge in [-0.15, -0.1) is 0 Å². The van der Waals surface area contributed by atoms with Gasteiger partial charge in [-0.05, 0) is 31.0 Å². The van der Waals surface area contributed by atoms with E-state index in [1.165, 1.54) is 4.90 Å². The molecule has 4 rings (SSSR count). The summed E-state index contributed by atoms with van der Waals surface area (Å²) in [4.78, 5) is 24.3. The number of hydrogen-bond donors (Lipinski definition) is 1. The zero-order valence-electron chi connectivity index (χ0n) is 17.1. The van der Waals surface area contributed by atoms with E-state index in [0.29, 0.717) is 6.04 Å². The van der Waals surface area contributed by atoms with Gasteiger partial charge in [-0.2, -0.15) is 0 Å². The second-order valence-electron chi connectivity index (χ2n) is 7.99. The van der Waals surface area contributed by atoms with E-state index in [-0.39, 0.29) is 25.4 Å². The van der Waals surface area contributed by atoms with Crippen LogP contribution in [0.5, 0.6) is 5.75 Å². The van der Waals surface area contributed by atoms with Gasteiger partial charge in [-0.25, -0.2) is 4.39 Å². The highest BCUT2D eigenvalue weighted by Crippen LogP contribution is 2.24. The van der Waals surface area contributed by atoms with Crippen LogP contribution in [0.4, 0.5) is 10.1 Å². The van der Waals surface area contributed by atoms with Crippen LogP contribution in [0.1, 0.15) is 19.3 Å². The highest BCUT2D eigenvalue weighted by molar-refractivity contribution is 5.83. The molecule has 0 unspecified atom stereocenters. The van der Waals surface area contributed by atoms with Crippen LogP contribution >= 0.6 is 0 Å². The number of aromatic nitrogens is 1. The normalized spacial score (nSPS) is 22.8. The summed E-state index contributed by atoms with van der Waals surface area (Å²) in [6.07, 6.45) is 2.30. The minimum absolute atomic E-state index is 0.0864. The van der Waals surface area contributed by atoms with Crippen molar-refractivity contribution in [1.29, 1.82) is 0 Å². The number of likely N-dealkylation sites (tertiary alicyclic amines) is 2. The molecule has 0 saturated carbocycles. The Morgan fingerprint density at radius 2 is 2.17 bits per heavy atom. The standard InChI is InChI=1S/C22H27FN5O2/c1-24-21-10-16(23)13-28(21)22(29)14-27-7-5-17(6-8-27)26-18-9-15-3-4-19(30-2)11-20(15)25-12-18/h1,3-4,9,11-12,16-17,21,26H,5-8,10,13-14H2,2H3/q+1/t16-,21-/m0/s1. The van der Waals surface area contributed by atoms with Crippen LogP contribution < -0.4 is 10.1 Å². The van der Waals surface area contributed by atoms with Crippen LogP contribution in [-0.4, -0.2) is 72.4 Å². The number of carbonyl (C=O) groups is 1. The molecule has 2 atom stereocenters. The summed E-state index contributed by atoms with van der Waals surface area (Å²) in [7, 11) is 1.64. The third kappa shape index (κ3) is 4.46. The van der Waals surface area contributed by atoms with Gasteiger partial charge >= 0.3 is 6.17 Å². The van der Waals surface area contributed by atoms with Crippen molar-refractivity contribution in [3.63, 3.8) is 0 Å². The predicted molar refractivity (Wildman–Crippen MR) is 115 cm³/mol. The van der Waals surface area contributed by atoms with Crippen LogP contribution in [0.25, 0.3) is 15.7 Å². The molecule has 1 aromatic carbocycles. The predicted octanol–water partition coefficient (Wildman–Crippen LogP) is 2.98. The van der Waals surface area contributed by atoms with Crippen LogP contribution in [0.3, 0.4) is 0 Å². The van der Waals surface area contributed by atoms with Gasteiger partial charge < -0.3 is 10.1 Å². The Balaban J connectivity index is 1.29. The molecule has 1 N–H and O–H groups in total. The first kappa shape index (κ1) is 20.4. The number of methoxy groups -OCH3 is 1. The van der Waals surface area contributed by atoms with Crippen molar-refractivity contribution < 1.29 is 13.9 Å². The monoisotopic (exact) mass is 412 g/mol. The molecule has 2 fully saturated rings. The van der Waals surface area contributed by atoms with Gasteiger partial charge in [0, 0.05) is 30.6 Å². The van der Waals surface area contributed by atoms with Crippen LogP contribution in [0.2, 0.25) is 0 Å². The van der Waals surface area contributed by atoms with Crippen LogP contribution in [0, 0.1) is 6.57 Å². The van der Waals surface area contributed by atoms with E-state index in [2.05, 4.69) is 26.1 Å². The quantitative estimate of drug-likeness (QED) is 0.818. The Hall–Kier alpha value is -2.92. The third-order valence-corrected chi connectivity index (χ3v) is 5.92. The van der Waals surface area contributed by atoms with Crippen molar-refractivity contribution in [2.75, 3.05) is 38.6 Å². The molecule has 3 heterocycles. The Bertz CT molecular complexity index is 954. The first-order valence-corrected chi connectivity index (χ1v) is 10.3. The summed E-state index contributed by atoms with van der Waals surface area (Å²) in [6.45, 7) is 7.31. The van der Waals surface area contributed by atoms with E-state index in [9.17, 15) is 9.18 Å². The van der Waals surface area contributed by atoms with Gasteiger partial charge in [0.25, 0.3) is 6.57 Å². The number of carbonyl (C=O) groups excluding carboxylic acids is 1. The van der Waals surface area contributed by atoms with Gasteiger partial charge in [0.2, 0.25) is 5.91 Å². The molecule has 8 heteroatoms. The molecule has 1 aromatic heterocycles. The van der Waals surface area contributed by atoms with Crippen molar-refractivity contribution >= 4 is 22.5 Å². The Morgan fingerprint density at radius 1 is 1.37 bits per heavy atom. The second kappa shape index (κ2) is 8.84. The van der Waals surface area contributed by atoms with E-state index >= 15 is 0 Å². The number of pyridine rings is 1. The number of rotatable bonds is 5. The number of piperidine rings is 1. The molecule has 2 aliphatic heterocycles. The highest BCUT2D eigenvalue weighted by Gasteiger charge is 2.42. The lowest BCUT2D eigenvalue weighted by Gasteiger charge is -2.33. The smallest absolute Gasteiger partial charge is 0.352 e. The lowest BCUT2D eigenvalue weighted by molar-refractivity contribution is -0.133. The number of fused-ring (bicyclic) bond motifs is 1. The molecule has 7 nitrogen and oxygen atoms in total. The van der Waals surface area contributed by atoms with Gasteiger partial charge in [-0.1, -0.05) is 4.85 Å². The Labute approximate surface area is 175 Å². The van der Waals surface area contributed by atoms with Crippen molar-refractivity contribution in [3.05, 3.63) is 35.3 Å². The number of alkyl halides is 1. The summed E-state index contributed by atoms with van der Waals surface area (Å²) in [6, 6.07) is 8.26. The fraction of sp³-hybridized carbons (Fsp3) is 0.500. The molecule has 158 valence electrons. The summed E-state index contributed by atoms with van der Waals surface area (Å²) in [5, 5.41) is 4.61. The average molecular weight is 412 g/mol. The lowest BCUT2D eigenvalue weighted by atomic mass is 10.0. The number of halogens is 1. The zero-order chi connectivity index (χ0) is 21.1. The number of benzene rings is 1. The molecule has 0 bridgehead atoms. The molecule has 30 heavy (non-hydrogen) atoms. The molecule has 1 amide bonds. The first-order chi connectivity index (χ1) is 14.6. The van der Waals surface area contributed by atoms with E-state index in [1.807, 2.05) is 24.4 Å². The maximum atomic E-state index is 13.6. The number of nitrogens with zero attached hydrogens (tertiary/aromatic N) is 4. The second-order valence-corrected chi connectivity index (χ2v) is 7.99. The molecular formula is C22H27FN5O2+. The SMILES string of the molecule is C#[N+][C@@H]1C[C@H](F)CN1C(=O)CN1CCC(Nc2cnc3cc(OC)ccc3c2)CC1. The lowest BCUT2D eigenvalue weighted by Crippen LogP contribution is -2.46. The number of anilines is 1. The summed E-state index contributed by atoms with van der Waals surface area (Å²) >= 11 is 0. The van der Waals surface area contributed by atoms with E-state index in [1.54, 1.807) is 7.11 Å². The van der Waals surface area contributed by atoms with Crippen molar-refractivity contribution in [3.8, 4) is 12.3 Å². The maximum absolute atomic E-state index is 13.6. The highest BCUT2D eigenvalue weighted by atomic mass is 19.1. The molecule has 0 aliphatic carbocycles. The van der Waals surface area contributed by atoms with Crippen LogP contribution in [-0.2, 0) is 4.79 Å². The van der Waals surface area contributed by atoms with Crippen molar-refractivity contribution in [1.82, 2.24) is 14.8 Å². The molecule has 2 aliphatic rings. The van der Waals surface area contributed by atoms with Gasteiger partial charge in [-0.3, -0.25) is 19.6 Å². The molecular weight excluding hydrogens is 385 g/mol. The Morgan fingerprint density at radius 3 is 2.90 bits per heavy atom. The van der Waals surface area contributed by atoms with Gasteiger partial charge in [0.15, 0.2) is 0 Å². The molecule has 2 aromatic rings. The number of nitrogens with one attached hydrogen (secondary N) is 1. The van der Waals surface area contributed by atoms with Gasteiger partial charge in [0.05, 0.1) is 44.0 Å². The van der Waals surface area contributed by atoms with E-state index in [0.717, 1.165) is 48.3 Å². The largest absolute Gasteiger partial charge is 0.497 e. The average Bonchev–Trinajstić information content (AvgIpc) is 3.15. The minimum atomic E-state index is -1.04. The summed E-state index contributed by atoms with van der Waals surface area (Å²) in [5.41, 5.74) is 1.88. The maximum Gasteiger partial charge on any atom is 0.352 e. The van der Waals surface area contributed by atoms with Gasteiger partial charge in [0.1, 0.15) is 11.9 Å². The molecule has 2 saturated heterocycles. The minimum Gasteiger partial charge on any atom is -0.497 e.